The van der Waals surface area contributed by atoms with E-state index in [-0.39, 0.29) is 12.1 Å². The third kappa shape index (κ3) is 3.15. The highest BCUT2D eigenvalue weighted by atomic mass is 32.1. The number of thiophene rings is 1. The SMILES string of the molecule is Nc1cc(CC(O)NC2CCC2)sc1C(F)(F)F. The average Bonchev–Trinajstić information content (AvgIpc) is 2.52. The number of rotatable bonds is 4. The highest BCUT2D eigenvalue weighted by Gasteiger charge is 2.35. The Morgan fingerprint density at radius 1 is 1.50 bits per heavy atom. The van der Waals surface area contributed by atoms with Gasteiger partial charge in [-0.2, -0.15) is 13.2 Å². The van der Waals surface area contributed by atoms with E-state index >= 15 is 0 Å². The highest BCUT2D eigenvalue weighted by molar-refractivity contribution is 7.12. The normalized spacial score (nSPS) is 18.7. The van der Waals surface area contributed by atoms with Crippen LogP contribution in [0.15, 0.2) is 6.07 Å². The van der Waals surface area contributed by atoms with E-state index in [9.17, 15) is 18.3 Å². The van der Waals surface area contributed by atoms with Crippen LogP contribution < -0.4 is 11.1 Å². The van der Waals surface area contributed by atoms with Crippen molar-refractivity contribution in [2.24, 2.45) is 0 Å². The Hall–Kier alpha value is -0.790. The molecule has 0 bridgehead atoms. The lowest BCUT2D eigenvalue weighted by Crippen LogP contribution is -2.43. The van der Waals surface area contributed by atoms with E-state index < -0.39 is 17.3 Å². The Balaban J connectivity index is 1.96. The standard InChI is InChI=1S/C11H15F3N2OS/c12-11(13,14)10-8(15)4-7(18-10)5-9(17)16-6-2-1-3-6/h4,6,9,16-17H,1-3,5,15H2. The fourth-order valence-corrected chi connectivity index (χ4v) is 2.86. The first kappa shape index (κ1) is 13.6. The number of nitrogens with two attached hydrogens (primary N) is 1. The van der Waals surface area contributed by atoms with Crippen LogP contribution in [0.25, 0.3) is 0 Å². The smallest absolute Gasteiger partial charge is 0.398 e. The third-order valence-electron chi connectivity index (χ3n) is 3.00. The van der Waals surface area contributed by atoms with Gasteiger partial charge in [-0.15, -0.1) is 11.3 Å². The number of aliphatic hydroxyl groups excluding tert-OH is 1. The van der Waals surface area contributed by atoms with Gasteiger partial charge >= 0.3 is 6.18 Å². The van der Waals surface area contributed by atoms with Crippen LogP contribution in [0.4, 0.5) is 18.9 Å². The molecule has 0 radical (unpaired) electrons. The second-order valence-corrected chi connectivity index (χ2v) is 5.65. The van der Waals surface area contributed by atoms with E-state index in [1.165, 1.54) is 6.07 Å². The third-order valence-corrected chi connectivity index (χ3v) is 4.22. The minimum Gasteiger partial charge on any atom is -0.398 e. The van der Waals surface area contributed by atoms with E-state index in [1.807, 2.05) is 0 Å². The molecule has 1 aromatic rings. The Labute approximate surface area is 107 Å². The van der Waals surface area contributed by atoms with Gasteiger partial charge in [-0.3, -0.25) is 5.32 Å². The summed E-state index contributed by atoms with van der Waals surface area (Å²) >= 11 is 0.597. The summed E-state index contributed by atoms with van der Waals surface area (Å²) in [5.74, 6) is 0. The van der Waals surface area contributed by atoms with Crippen molar-refractivity contribution < 1.29 is 18.3 Å². The summed E-state index contributed by atoms with van der Waals surface area (Å²) in [7, 11) is 0. The van der Waals surface area contributed by atoms with Crippen LogP contribution in [0.5, 0.6) is 0 Å². The zero-order valence-electron chi connectivity index (χ0n) is 9.63. The van der Waals surface area contributed by atoms with Crippen molar-refractivity contribution in [3.8, 4) is 0 Å². The van der Waals surface area contributed by atoms with Crippen molar-refractivity contribution in [2.45, 2.75) is 44.1 Å². The maximum Gasteiger partial charge on any atom is 0.427 e. The minimum absolute atomic E-state index is 0.154. The molecule has 1 aliphatic rings. The van der Waals surface area contributed by atoms with Gasteiger partial charge in [-0.05, 0) is 18.9 Å². The van der Waals surface area contributed by atoms with Crippen molar-refractivity contribution in [1.82, 2.24) is 5.32 Å². The van der Waals surface area contributed by atoms with Crippen LogP contribution in [-0.2, 0) is 12.6 Å². The first-order valence-electron chi connectivity index (χ1n) is 5.76. The van der Waals surface area contributed by atoms with E-state index in [0.29, 0.717) is 22.3 Å². The Morgan fingerprint density at radius 2 is 2.17 bits per heavy atom. The Bertz CT molecular complexity index is 415. The zero-order chi connectivity index (χ0) is 13.3. The second-order valence-electron chi connectivity index (χ2n) is 4.51. The molecule has 3 nitrogen and oxygen atoms in total. The molecular weight excluding hydrogens is 265 g/mol. The van der Waals surface area contributed by atoms with Crippen LogP contribution in [0.1, 0.15) is 29.0 Å². The number of aliphatic hydroxyl groups is 1. The van der Waals surface area contributed by atoms with E-state index in [4.69, 9.17) is 5.73 Å². The molecule has 102 valence electrons. The average molecular weight is 280 g/mol. The molecule has 1 atom stereocenters. The lowest BCUT2D eigenvalue weighted by molar-refractivity contribution is -0.133. The minimum atomic E-state index is -4.42. The molecule has 0 aromatic carbocycles. The number of nitrogens with one attached hydrogen (secondary N) is 1. The monoisotopic (exact) mass is 280 g/mol. The summed E-state index contributed by atoms with van der Waals surface area (Å²) in [6.07, 6.45) is -1.92. The van der Waals surface area contributed by atoms with Gasteiger partial charge in [0, 0.05) is 17.3 Å². The number of hydrogen-bond donors (Lipinski definition) is 3. The Morgan fingerprint density at radius 3 is 2.61 bits per heavy atom. The number of anilines is 1. The molecule has 1 aromatic heterocycles. The van der Waals surface area contributed by atoms with Gasteiger partial charge in [0.25, 0.3) is 0 Å². The van der Waals surface area contributed by atoms with Gasteiger partial charge in [0.05, 0.1) is 5.69 Å². The van der Waals surface area contributed by atoms with Crippen LogP contribution in [0.2, 0.25) is 0 Å². The fourth-order valence-electron chi connectivity index (χ4n) is 1.88. The molecule has 1 heterocycles. The Kier molecular flexibility index (Phi) is 3.84. The summed E-state index contributed by atoms with van der Waals surface area (Å²) in [5, 5.41) is 12.7. The van der Waals surface area contributed by atoms with Crippen LogP contribution in [0, 0.1) is 0 Å². The van der Waals surface area contributed by atoms with Crippen molar-refractivity contribution in [1.29, 1.82) is 0 Å². The molecular formula is C11H15F3N2OS. The first-order valence-corrected chi connectivity index (χ1v) is 6.57. The lowest BCUT2D eigenvalue weighted by atomic mass is 9.93. The van der Waals surface area contributed by atoms with Crippen molar-refractivity contribution in [3.05, 3.63) is 15.8 Å². The summed E-state index contributed by atoms with van der Waals surface area (Å²) in [5.41, 5.74) is 5.06. The number of alkyl halides is 3. The molecule has 0 spiro atoms. The molecule has 1 fully saturated rings. The van der Waals surface area contributed by atoms with Gasteiger partial charge in [0.1, 0.15) is 11.1 Å². The predicted molar refractivity (Wildman–Crippen MR) is 64.2 cm³/mol. The zero-order valence-corrected chi connectivity index (χ0v) is 10.4. The first-order chi connectivity index (χ1) is 8.36. The van der Waals surface area contributed by atoms with Gasteiger partial charge < -0.3 is 10.8 Å². The van der Waals surface area contributed by atoms with Crippen LogP contribution in [0.3, 0.4) is 0 Å². The largest absolute Gasteiger partial charge is 0.427 e. The number of hydrogen-bond acceptors (Lipinski definition) is 4. The molecule has 0 aliphatic heterocycles. The van der Waals surface area contributed by atoms with Crippen LogP contribution >= 0.6 is 11.3 Å². The summed E-state index contributed by atoms with van der Waals surface area (Å²) < 4.78 is 37.6. The molecule has 0 saturated heterocycles. The van der Waals surface area contributed by atoms with E-state index in [0.717, 1.165) is 19.3 Å². The topological polar surface area (TPSA) is 58.3 Å². The molecule has 1 aliphatic carbocycles. The van der Waals surface area contributed by atoms with Gasteiger partial charge in [0.2, 0.25) is 0 Å². The molecule has 1 saturated carbocycles. The quantitative estimate of drug-likeness (QED) is 0.742. The number of halogens is 3. The summed E-state index contributed by atoms with van der Waals surface area (Å²) in [6.45, 7) is 0. The lowest BCUT2D eigenvalue weighted by Gasteiger charge is -2.29. The van der Waals surface area contributed by atoms with Crippen molar-refractivity contribution in [3.63, 3.8) is 0 Å². The van der Waals surface area contributed by atoms with E-state index in [1.54, 1.807) is 0 Å². The molecule has 2 rings (SSSR count). The summed E-state index contributed by atoms with van der Waals surface area (Å²) in [6, 6.07) is 1.58. The highest BCUT2D eigenvalue weighted by Crippen LogP contribution is 2.39. The maximum absolute atomic E-state index is 12.5. The molecule has 18 heavy (non-hydrogen) atoms. The van der Waals surface area contributed by atoms with E-state index in [2.05, 4.69) is 5.32 Å². The fraction of sp³-hybridized carbons (Fsp3) is 0.636. The predicted octanol–water partition coefficient (Wildman–Crippen LogP) is 2.35. The van der Waals surface area contributed by atoms with Gasteiger partial charge in [-0.25, -0.2) is 0 Å². The van der Waals surface area contributed by atoms with Crippen LogP contribution in [-0.4, -0.2) is 17.4 Å². The molecule has 4 N–H and O–H groups in total. The van der Waals surface area contributed by atoms with Crippen molar-refractivity contribution >= 4 is 17.0 Å². The maximum atomic E-state index is 12.5. The second kappa shape index (κ2) is 5.07. The number of nitrogen functional groups attached to an aromatic ring is 1. The van der Waals surface area contributed by atoms with Crippen molar-refractivity contribution in [2.75, 3.05) is 5.73 Å². The van der Waals surface area contributed by atoms with Gasteiger partial charge in [0.15, 0.2) is 0 Å². The molecule has 0 amide bonds. The summed E-state index contributed by atoms with van der Waals surface area (Å²) in [4.78, 5) is -0.340. The molecule has 7 heteroatoms. The molecule has 1 unspecified atom stereocenters. The van der Waals surface area contributed by atoms with Gasteiger partial charge in [-0.1, -0.05) is 6.42 Å².